The molecule has 2 aromatic rings. The maximum atomic E-state index is 13.0. The van der Waals surface area contributed by atoms with Crippen molar-refractivity contribution in [1.29, 1.82) is 0 Å². The van der Waals surface area contributed by atoms with Gasteiger partial charge in [-0.2, -0.15) is 0 Å². The molecule has 1 N–H and O–H groups in total. The number of imidazole rings is 1. The monoisotopic (exact) mass is 396 g/mol. The van der Waals surface area contributed by atoms with Crippen LogP contribution in [0.3, 0.4) is 0 Å². The molecule has 0 unspecified atom stereocenters. The van der Waals surface area contributed by atoms with Gasteiger partial charge in [-0.05, 0) is 55.7 Å². The molecule has 3 aliphatic rings. The van der Waals surface area contributed by atoms with Crippen molar-refractivity contribution in [2.75, 3.05) is 32.8 Å². The van der Waals surface area contributed by atoms with E-state index in [9.17, 15) is 9.59 Å². The number of benzene rings is 1. The highest BCUT2D eigenvalue weighted by atomic mass is 16.5. The van der Waals surface area contributed by atoms with Crippen LogP contribution in [0.25, 0.3) is 11.0 Å². The average molecular weight is 396 g/mol. The van der Waals surface area contributed by atoms with E-state index in [2.05, 4.69) is 9.97 Å². The third-order valence-corrected chi connectivity index (χ3v) is 6.97. The molecule has 1 aromatic heterocycles. The molecule has 1 atom stereocenters. The molecular weight excluding hydrogens is 368 g/mol. The molecule has 1 spiro atoms. The predicted molar refractivity (Wildman–Crippen MR) is 108 cm³/mol. The summed E-state index contributed by atoms with van der Waals surface area (Å²) in [5, 5.41) is 0. The Morgan fingerprint density at radius 3 is 2.93 bits per heavy atom. The Kier molecular flexibility index (Phi) is 4.78. The number of ether oxygens (including phenoxy) is 1. The van der Waals surface area contributed by atoms with Crippen molar-refractivity contribution in [2.24, 2.45) is 5.41 Å². The number of hydrogen-bond acceptors (Lipinski definition) is 4. The lowest BCUT2D eigenvalue weighted by Crippen LogP contribution is -2.53. The average Bonchev–Trinajstić information content (AvgIpc) is 3.42. The van der Waals surface area contributed by atoms with Crippen LogP contribution in [0.15, 0.2) is 24.5 Å². The van der Waals surface area contributed by atoms with Gasteiger partial charge < -0.3 is 19.5 Å². The summed E-state index contributed by atoms with van der Waals surface area (Å²) >= 11 is 0. The van der Waals surface area contributed by atoms with E-state index in [-0.39, 0.29) is 23.3 Å². The van der Waals surface area contributed by atoms with Crippen molar-refractivity contribution in [2.45, 2.75) is 44.6 Å². The van der Waals surface area contributed by atoms with Crippen LogP contribution in [0.4, 0.5) is 0 Å². The van der Waals surface area contributed by atoms with Gasteiger partial charge in [-0.3, -0.25) is 9.59 Å². The minimum atomic E-state index is 0.0828. The van der Waals surface area contributed by atoms with E-state index in [1.54, 1.807) is 6.33 Å². The fourth-order valence-electron chi connectivity index (χ4n) is 5.15. The van der Waals surface area contributed by atoms with Crippen molar-refractivity contribution in [3.8, 4) is 0 Å². The van der Waals surface area contributed by atoms with Crippen LogP contribution in [0, 0.1) is 5.41 Å². The molecule has 0 aliphatic carbocycles. The molecule has 3 fully saturated rings. The molecule has 29 heavy (non-hydrogen) atoms. The summed E-state index contributed by atoms with van der Waals surface area (Å²) in [5.74, 6) is 0.344. The number of carbonyl (C=O) groups is 2. The number of nitrogens with one attached hydrogen (secondary N) is 1. The van der Waals surface area contributed by atoms with Crippen LogP contribution < -0.4 is 0 Å². The molecule has 0 radical (unpaired) electrons. The molecule has 1 aromatic carbocycles. The first-order valence-corrected chi connectivity index (χ1v) is 10.7. The van der Waals surface area contributed by atoms with E-state index >= 15 is 0 Å². The Morgan fingerprint density at radius 2 is 2.14 bits per heavy atom. The minimum Gasteiger partial charge on any atom is -0.376 e. The number of nitrogens with zero attached hydrogens (tertiary/aromatic N) is 3. The number of rotatable bonds is 3. The lowest BCUT2D eigenvalue weighted by molar-refractivity contribution is -0.141. The Balaban J connectivity index is 1.23. The van der Waals surface area contributed by atoms with Gasteiger partial charge in [0.25, 0.3) is 5.91 Å². The van der Waals surface area contributed by atoms with Gasteiger partial charge in [0, 0.05) is 44.8 Å². The van der Waals surface area contributed by atoms with Gasteiger partial charge in [0.15, 0.2) is 0 Å². The Morgan fingerprint density at radius 1 is 1.28 bits per heavy atom. The van der Waals surface area contributed by atoms with Gasteiger partial charge in [0.1, 0.15) is 0 Å². The Hall–Kier alpha value is -2.41. The highest BCUT2D eigenvalue weighted by molar-refractivity contribution is 5.97. The smallest absolute Gasteiger partial charge is 0.253 e. The van der Waals surface area contributed by atoms with Gasteiger partial charge in [-0.15, -0.1) is 0 Å². The topological polar surface area (TPSA) is 78.5 Å². The molecule has 5 rings (SSSR count). The number of likely N-dealkylation sites (tertiary alicyclic amines) is 2. The number of aromatic nitrogens is 2. The quantitative estimate of drug-likeness (QED) is 0.865. The van der Waals surface area contributed by atoms with Gasteiger partial charge in [0.05, 0.1) is 23.5 Å². The second kappa shape index (κ2) is 7.44. The molecule has 2 amide bonds. The zero-order valence-electron chi connectivity index (χ0n) is 16.7. The van der Waals surface area contributed by atoms with Gasteiger partial charge in [-0.25, -0.2) is 4.98 Å². The van der Waals surface area contributed by atoms with E-state index in [0.717, 1.165) is 75.9 Å². The summed E-state index contributed by atoms with van der Waals surface area (Å²) in [6, 6.07) is 5.64. The Bertz CT molecular complexity index is 910. The zero-order valence-corrected chi connectivity index (χ0v) is 16.7. The molecule has 4 heterocycles. The normalized spacial score (nSPS) is 24.6. The third kappa shape index (κ3) is 3.64. The van der Waals surface area contributed by atoms with Crippen molar-refractivity contribution in [3.05, 3.63) is 30.1 Å². The second-order valence-electron chi connectivity index (χ2n) is 8.84. The lowest BCUT2D eigenvalue weighted by atomic mass is 9.72. The van der Waals surface area contributed by atoms with Crippen LogP contribution in [0.5, 0.6) is 0 Å². The first kappa shape index (κ1) is 18.6. The molecule has 0 saturated carbocycles. The standard InChI is InChI=1S/C22H28N4O3/c27-20-5-6-22(14-26(20)13-17-2-1-11-29-17)7-9-25(10-8-22)21(28)16-3-4-18-19(12-16)24-15-23-18/h3-4,12,15,17H,1-2,5-11,13-14H2,(H,23,24)/t17-/m1/s1. The number of hydrogen-bond donors (Lipinski definition) is 1. The van der Waals surface area contributed by atoms with Gasteiger partial charge >= 0.3 is 0 Å². The predicted octanol–water partition coefficient (Wildman–Crippen LogP) is 2.59. The van der Waals surface area contributed by atoms with Crippen LogP contribution in [0.2, 0.25) is 0 Å². The first-order valence-electron chi connectivity index (χ1n) is 10.7. The third-order valence-electron chi connectivity index (χ3n) is 6.97. The fraction of sp³-hybridized carbons (Fsp3) is 0.591. The number of fused-ring (bicyclic) bond motifs is 1. The molecule has 7 nitrogen and oxygen atoms in total. The van der Waals surface area contributed by atoms with Crippen LogP contribution >= 0.6 is 0 Å². The van der Waals surface area contributed by atoms with E-state index < -0.39 is 0 Å². The largest absolute Gasteiger partial charge is 0.376 e. The van der Waals surface area contributed by atoms with Crippen molar-refractivity contribution >= 4 is 22.8 Å². The summed E-state index contributed by atoms with van der Waals surface area (Å²) in [7, 11) is 0. The highest BCUT2D eigenvalue weighted by Gasteiger charge is 2.42. The molecular formula is C22H28N4O3. The highest BCUT2D eigenvalue weighted by Crippen LogP contribution is 2.40. The molecule has 0 bridgehead atoms. The lowest BCUT2D eigenvalue weighted by Gasteiger charge is -2.47. The maximum Gasteiger partial charge on any atom is 0.253 e. The molecule has 3 aliphatic heterocycles. The SMILES string of the molecule is O=C1CCC2(CCN(C(=O)c3ccc4nc[nH]c4c3)CC2)CN1C[C@H]1CCCO1. The molecule has 7 heteroatoms. The van der Waals surface area contributed by atoms with Crippen molar-refractivity contribution in [3.63, 3.8) is 0 Å². The van der Waals surface area contributed by atoms with E-state index in [1.165, 1.54) is 0 Å². The Labute approximate surface area is 170 Å². The summed E-state index contributed by atoms with van der Waals surface area (Å²) in [5.41, 5.74) is 2.62. The van der Waals surface area contributed by atoms with Crippen LogP contribution in [0.1, 0.15) is 48.9 Å². The number of carbonyl (C=O) groups excluding carboxylic acids is 2. The van der Waals surface area contributed by atoms with Crippen LogP contribution in [-0.2, 0) is 9.53 Å². The number of aromatic amines is 1. The number of piperidine rings is 2. The summed E-state index contributed by atoms with van der Waals surface area (Å²) in [6.45, 7) is 3.87. The number of amides is 2. The summed E-state index contributed by atoms with van der Waals surface area (Å²) < 4.78 is 5.75. The maximum absolute atomic E-state index is 13.0. The zero-order chi connectivity index (χ0) is 19.8. The molecule has 154 valence electrons. The van der Waals surface area contributed by atoms with Crippen molar-refractivity contribution < 1.29 is 14.3 Å². The van der Waals surface area contributed by atoms with E-state index in [0.29, 0.717) is 12.0 Å². The second-order valence-corrected chi connectivity index (χ2v) is 8.84. The van der Waals surface area contributed by atoms with Crippen molar-refractivity contribution in [1.82, 2.24) is 19.8 Å². The first-order chi connectivity index (χ1) is 14.1. The minimum absolute atomic E-state index is 0.0828. The fourth-order valence-corrected chi connectivity index (χ4v) is 5.15. The number of H-pyrrole nitrogens is 1. The summed E-state index contributed by atoms with van der Waals surface area (Å²) in [6.07, 6.45) is 7.48. The van der Waals surface area contributed by atoms with Gasteiger partial charge in [0.2, 0.25) is 5.91 Å². The van der Waals surface area contributed by atoms with Crippen LogP contribution in [-0.4, -0.2) is 70.5 Å². The van der Waals surface area contributed by atoms with E-state index in [1.807, 2.05) is 28.0 Å². The molecule has 3 saturated heterocycles. The van der Waals surface area contributed by atoms with Gasteiger partial charge in [-0.1, -0.05) is 0 Å². The van der Waals surface area contributed by atoms with E-state index in [4.69, 9.17) is 4.74 Å². The summed E-state index contributed by atoms with van der Waals surface area (Å²) in [4.78, 5) is 36.7.